The molecule has 1 aromatic rings. The van der Waals surface area contributed by atoms with Gasteiger partial charge >= 0.3 is 11.9 Å². The molecule has 1 heterocycles. The summed E-state index contributed by atoms with van der Waals surface area (Å²) in [6, 6.07) is 8.29. The second kappa shape index (κ2) is 9.17. The molecule has 7 heteroatoms. The number of benzene rings is 1. The van der Waals surface area contributed by atoms with Crippen LogP contribution in [0.15, 0.2) is 29.2 Å². The second-order valence-corrected chi connectivity index (χ2v) is 8.31. The highest BCUT2D eigenvalue weighted by molar-refractivity contribution is 8.00. The number of carbonyl (C=O) groups excluding carboxylic acids is 2. The minimum absolute atomic E-state index is 0.363. The average Bonchev–Trinajstić information content (AvgIpc) is 3.09. The number of carbonyl (C=O) groups is 2. The predicted octanol–water partition coefficient (Wildman–Crippen LogP) is 3.36. The fraction of sp³-hybridized carbons (Fsp3) is 0.529. The molecule has 1 saturated heterocycles. The van der Waals surface area contributed by atoms with Gasteiger partial charge in [0.2, 0.25) is 0 Å². The zero-order valence-corrected chi connectivity index (χ0v) is 16.4. The first-order valence-electron chi connectivity index (χ1n) is 7.89. The molecule has 0 spiro atoms. The van der Waals surface area contributed by atoms with Crippen LogP contribution >= 0.6 is 36.2 Å². The maximum absolute atomic E-state index is 12.6. The summed E-state index contributed by atoms with van der Waals surface area (Å²) in [5, 5.41) is 3.24. The van der Waals surface area contributed by atoms with E-state index in [2.05, 4.69) is 42.2 Å². The molecular weight excluding hydrogens is 362 g/mol. The molecular formula is C17H23NO3S3. The van der Waals surface area contributed by atoms with Crippen LogP contribution in [-0.2, 0) is 20.1 Å². The standard InChI is InChI=1S/C17H23NO3S3/c1-12(10-22)15(19)21-16(20)17(8-3-9-18-17)24-11-13-4-6-14(23-2)7-5-13/h4-7,12,18,22H,3,8-11H2,1-2H3/t12-,17+/m1/s1. The third kappa shape index (κ3) is 4.94. The third-order valence-electron chi connectivity index (χ3n) is 3.96. The van der Waals surface area contributed by atoms with Gasteiger partial charge in [0.15, 0.2) is 4.87 Å². The van der Waals surface area contributed by atoms with Gasteiger partial charge in [0.05, 0.1) is 5.92 Å². The summed E-state index contributed by atoms with van der Waals surface area (Å²) in [5.74, 6) is -0.327. The zero-order valence-electron chi connectivity index (χ0n) is 13.9. The number of ether oxygens (including phenoxy) is 1. The van der Waals surface area contributed by atoms with E-state index in [9.17, 15) is 9.59 Å². The molecule has 24 heavy (non-hydrogen) atoms. The molecule has 2 rings (SSSR count). The fourth-order valence-electron chi connectivity index (χ4n) is 2.35. The molecule has 4 nitrogen and oxygen atoms in total. The largest absolute Gasteiger partial charge is 0.391 e. The van der Waals surface area contributed by atoms with E-state index in [4.69, 9.17) is 4.74 Å². The van der Waals surface area contributed by atoms with E-state index < -0.39 is 16.8 Å². The van der Waals surface area contributed by atoms with Crippen molar-refractivity contribution in [2.75, 3.05) is 18.6 Å². The van der Waals surface area contributed by atoms with Gasteiger partial charge in [-0.2, -0.15) is 12.6 Å². The normalized spacial score (nSPS) is 21.5. The summed E-state index contributed by atoms with van der Waals surface area (Å²) in [5.41, 5.74) is 1.15. The van der Waals surface area contributed by atoms with Crippen LogP contribution in [0.4, 0.5) is 0 Å². The number of hydrogen-bond donors (Lipinski definition) is 2. The Morgan fingerprint density at radius 1 is 1.38 bits per heavy atom. The Morgan fingerprint density at radius 3 is 2.62 bits per heavy atom. The van der Waals surface area contributed by atoms with Crippen molar-refractivity contribution in [2.24, 2.45) is 5.92 Å². The summed E-state index contributed by atoms with van der Waals surface area (Å²) >= 11 is 7.28. The Hall–Kier alpha value is -0.630. The van der Waals surface area contributed by atoms with Crippen LogP contribution in [0.5, 0.6) is 0 Å². The zero-order chi connectivity index (χ0) is 17.6. The molecule has 1 aliphatic rings. The van der Waals surface area contributed by atoms with Crippen molar-refractivity contribution in [1.82, 2.24) is 5.32 Å². The minimum Gasteiger partial charge on any atom is -0.391 e. The topological polar surface area (TPSA) is 55.4 Å². The number of nitrogens with one attached hydrogen (secondary N) is 1. The quantitative estimate of drug-likeness (QED) is 0.325. The molecule has 2 atom stereocenters. The molecule has 1 fully saturated rings. The van der Waals surface area contributed by atoms with Crippen molar-refractivity contribution < 1.29 is 14.3 Å². The van der Waals surface area contributed by atoms with Gasteiger partial charge in [0, 0.05) is 16.4 Å². The SMILES string of the molecule is CSc1ccc(CS[C@]2(C(=O)OC(=O)[C@H](C)CS)CCCN2)cc1. The number of thiol groups is 1. The van der Waals surface area contributed by atoms with Gasteiger partial charge < -0.3 is 4.74 Å². The van der Waals surface area contributed by atoms with Crippen molar-refractivity contribution in [3.63, 3.8) is 0 Å². The van der Waals surface area contributed by atoms with Gasteiger partial charge in [0.25, 0.3) is 0 Å². The number of hydrogen-bond acceptors (Lipinski definition) is 7. The van der Waals surface area contributed by atoms with Crippen molar-refractivity contribution in [2.45, 2.75) is 35.3 Å². The van der Waals surface area contributed by atoms with Crippen LogP contribution in [-0.4, -0.2) is 35.4 Å². The lowest BCUT2D eigenvalue weighted by atomic mass is 10.2. The highest BCUT2D eigenvalue weighted by Crippen LogP contribution is 2.36. The highest BCUT2D eigenvalue weighted by atomic mass is 32.2. The number of esters is 2. The van der Waals surface area contributed by atoms with Gasteiger partial charge in [-0.25, -0.2) is 4.79 Å². The maximum Gasteiger partial charge on any atom is 0.344 e. The van der Waals surface area contributed by atoms with Crippen LogP contribution in [0.3, 0.4) is 0 Å². The van der Waals surface area contributed by atoms with E-state index in [1.165, 1.54) is 16.7 Å². The van der Waals surface area contributed by atoms with Crippen molar-refractivity contribution in [3.05, 3.63) is 29.8 Å². The van der Waals surface area contributed by atoms with Crippen molar-refractivity contribution >= 4 is 48.1 Å². The lowest BCUT2D eigenvalue weighted by molar-refractivity contribution is -0.163. The van der Waals surface area contributed by atoms with Crippen molar-refractivity contribution in [1.29, 1.82) is 0 Å². The summed E-state index contributed by atoms with van der Waals surface area (Å²) < 4.78 is 5.10. The Balaban J connectivity index is 2.01. The first kappa shape index (κ1) is 19.7. The molecule has 0 aliphatic carbocycles. The summed E-state index contributed by atoms with van der Waals surface area (Å²) in [4.78, 5) is 24.8. The molecule has 1 aromatic carbocycles. The molecule has 0 saturated carbocycles. The lowest BCUT2D eigenvalue weighted by Gasteiger charge is -2.26. The molecule has 1 N–H and O–H groups in total. The minimum atomic E-state index is -0.829. The van der Waals surface area contributed by atoms with E-state index in [-0.39, 0.29) is 5.92 Å². The molecule has 1 aliphatic heterocycles. The van der Waals surface area contributed by atoms with Crippen LogP contribution < -0.4 is 5.32 Å². The molecule has 0 amide bonds. The fourth-order valence-corrected chi connectivity index (χ4v) is 4.16. The second-order valence-electron chi connectivity index (χ2n) is 5.79. The Morgan fingerprint density at radius 2 is 2.08 bits per heavy atom. The van der Waals surface area contributed by atoms with Crippen LogP contribution in [0.1, 0.15) is 25.3 Å². The van der Waals surface area contributed by atoms with E-state index in [0.29, 0.717) is 17.9 Å². The number of thioether (sulfide) groups is 2. The average molecular weight is 386 g/mol. The van der Waals surface area contributed by atoms with E-state index in [0.717, 1.165) is 18.5 Å². The van der Waals surface area contributed by atoms with Crippen LogP contribution in [0.2, 0.25) is 0 Å². The molecule has 0 radical (unpaired) electrons. The number of rotatable bonds is 7. The third-order valence-corrected chi connectivity index (χ3v) is 6.74. The summed E-state index contributed by atoms with van der Waals surface area (Å²) in [7, 11) is 0. The monoisotopic (exact) mass is 385 g/mol. The summed E-state index contributed by atoms with van der Waals surface area (Å²) in [6.45, 7) is 2.46. The summed E-state index contributed by atoms with van der Waals surface area (Å²) in [6.07, 6.45) is 3.60. The van der Waals surface area contributed by atoms with E-state index in [1.807, 2.05) is 6.26 Å². The van der Waals surface area contributed by atoms with Gasteiger partial charge in [-0.05, 0) is 43.3 Å². The van der Waals surface area contributed by atoms with E-state index >= 15 is 0 Å². The molecule has 0 bridgehead atoms. The first-order chi connectivity index (χ1) is 11.5. The Bertz CT molecular complexity index is 571. The smallest absolute Gasteiger partial charge is 0.344 e. The maximum atomic E-state index is 12.6. The Kier molecular flexibility index (Phi) is 7.53. The molecule has 0 unspecified atom stereocenters. The van der Waals surface area contributed by atoms with Gasteiger partial charge in [0.1, 0.15) is 0 Å². The first-order valence-corrected chi connectivity index (χ1v) is 10.7. The highest BCUT2D eigenvalue weighted by Gasteiger charge is 2.44. The van der Waals surface area contributed by atoms with Gasteiger partial charge in [-0.3, -0.25) is 10.1 Å². The Labute approximate surface area is 157 Å². The van der Waals surface area contributed by atoms with Crippen molar-refractivity contribution in [3.8, 4) is 0 Å². The van der Waals surface area contributed by atoms with Crippen LogP contribution in [0, 0.1) is 5.92 Å². The van der Waals surface area contributed by atoms with E-state index in [1.54, 1.807) is 18.7 Å². The van der Waals surface area contributed by atoms with Gasteiger partial charge in [-0.1, -0.05) is 19.1 Å². The lowest BCUT2D eigenvalue weighted by Crippen LogP contribution is -2.47. The predicted molar refractivity (Wildman–Crippen MR) is 104 cm³/mol. The molecule has 132 valence electrons. The van der Waals surface area contributed by atoms with Crippen LogP contribution in [0.25, 0.3) is 0 Å². The molecule has 0 aromatic heterocycles. The van der Waals surface area contributed by atoms with Gasteiger partial charge in [-0.15, -0.1) is 23.5 Å².